The lowest BCUT2D eigenvalue weighted by Gasteiger charge is -2.32. The van der Waals surface area contributed by atoms with Crippen LogP contribution in [0, 0.1) is 0 Å². The van der Waals surface area contributed by atoms with E-state index in [1.54, 1.807) is 0 Å². The summed E-state index contributed by atoms with van der Waals surface area (Å²) in [6, 6.07) is 5.91. The van der Waals surface area contributed by atoms with Crippen molar-refractivity contribution in [1.82, 2.24) is 9.38 Å². The molecule has 0 aromatic carbocycles. The third kappa shape index (κ3) is 2.47. The molecular weight excluding hydrogens is 277 g/mol. The molecule has 6 heteroatoms. The SMILES string of the molecule is CC1(C)OB(C(=Cc2cnc3ccccn23)CN)OC1(C)C. The van der Waals surface area contributed by atoms with Gasteiger partial charge >= 0.3 is 7.12 Å². The normalized spacial score (nSPS) is 20.8. The van der Waals surface area contributed by atoms with E-state index in [1.807, 2.05) is 68.8 Å². The highest BCUT2D eigenvalue weighted by molar-refractivity contribution is 6.55. The lowest BCUT2D eigenvalue weighted by molar-refractivity contribution is 0.00578. The summed E-state index contributed by atoms with van der Waals surface area (Å²) in [7, 11) is -0.427. The van der Waals surface area contributed by atoms with Crippen molar-refractivity contribution in [2.24, 2.45) is 5.73 Å². The minimum atomic E-state index is -0.427. The van der Waals surface area contributed by atoms with E-state index in [4.69, 9.17) is 15.0 Å². The summed E-state index contributed by atoms with van der Waals surface area (Å²) in [6.45, 7) is 8.52. The highest BCUT2D eigenvalue weighted by atomic mass is 16.7. The maximum atomic E-state index is 6.08. The maximum absolute atomic E-state index is 6.08. The Morgan fingerprint density at radius 3 is 2.59 bits per heavy atom. The van der Waals surface area contributed by atoms with E-state index in [9.17, 15) is 0 Å². The molecule has 0 bridgehead atoms. The number of rotatable bonds is 3. The van der Waals surface area contributed by atoms with E-state index < -0.39 is 7.12 Å². The molecule has 1 aliphatic heterocycles. The van der Waals surface area contributed by atoms with Gasteiger partial charge in [-0.3, -0.25) is 0 Å². The van der Waals surface area contributed by atoms with Gasteiger partial charge in [-0.05, 0) is 51.4 Å². The molecule has 1 fully saturated rings. The molecule has 2 aromatic rings. The van der Waals surface area contributed by atoms with Gasteiger partial charge in [0.2, 0.25) is 0 Å². The highest BCUT2D eigenvalue weighted by Crippen LogP contribution is 2.38. The van der Waals surface area contributed by atoms with E-state index in [-0.39, 0.29) is 11.2 Å². The van der Waals surface area contributed by atoms with Crippen LogP contribution in [0.15, 0.2) is 36.1 Å². The Hall–Kier alpha value is -1.63. The van der Waals surface area contributed by atoms with Gasteiger partial charge in [0.05, 0.1) is 23.1 Å². The highest BCUT2D eigenvalue weighted by Gasteiger charge is 2.52. The molecule has 0 radical (unpaired) electrons. The fourth-order valence-electron chi connectivity index (χ4n) is 2.47. The molecule has 0 amide bonds. The van der Waals surface area contributed by atoms with Crippen LogP contribution in [-0.2, 0) is 9.31 Å². The van der Waals surface area contributed by atoms with Crippen molar-refractivity contribution in [3.05, 3.63) is 41.8 Å². The zero-order chi connectivity index (χ0) is 16.0. The molecule has 5 nitrogen and oxygen atoms in total. The number of pyridine rings is 1. The van der Waals surface area contributed by atoms with Crippen molar-refractivity contribution in [1.29, 1.82) is 0 Å². The predicted molar refractivity (Wildman–Crippen MR) is 88.3 cm³/mol. The van der Waals surface area contributed by atoms with Crippen molar-refractivity contribution in [2.75, 3.05) is 6.54 Å². The van der Waals surface area contributed by atoms with Crippen molar-refractivity contribution in [2.45, 2.75) is 38.9 Å². The number of fused-ring (bicyclic) bond motifs is 1. The third-order valence-corrected chi connectivity index (χ3v) is 4.57. The first-order chi connectivity index (χ1) is 10.3. The molecule has 0 spiro atoms. The first-order valence-electron chi connectivity index (χ1n) is 7.52. The standard InChI is InChI=1S/C16H22BN3O2/c1-15(2)16(3,4)22-17(21-15)12(10-18)9-13-11-19-14-7-5-6-8-20(13)14/h5-9,11H,10,18H2,1-4H3. The van der Waals surface area contributed by atoms with Gasteiger partial charge < -0.3 is 19.4 Å². The van der Waals surface area contributed by atoms with Gasteiger partial charge in [-0.15, -0.1) is 0 Å². The Labute approximate surface area is 131 Å². The van der Waals surface area contributed by atoms with Gasteiger partial charge in [-0.1, -0.05) is 6.07 Å². The fraction of sp³-hybridized carbons (Fsp3) is 0.438. The average Bonchev–Trinajstić information content (AvgIpc) is 2.95. The molecule has 0 atom stereocenters. The van der Waals surface area contributed by atoms with Gasteiger partial charge in [-0.2, -0.15) is 0 Å². The molecule has 0 aliphatic carbocycles. The molecule has 0 saturated carbocycles. The summed E-state index contributed by atoms with van der Waals surface area (Å²) in [4.78, 5) is 4.39. The van der Waals surface area contributed by atoms with Crippen LogP contribution in [0.25, 0.3) is 11.7 Å². The van der Waals surface area contributed by atoms with Crippen LogP contribution in [0.5, 0.6) is 0 Å². The molecule has 2 N–H and O–H groups in total. The predicted octanol–water partition coefficient (Wildman–Crippen LogP) is 2.31. The summed E-state index contributed by atoms with van der Waals surface area (Å²) in [6.07, 6.45) is 5.81. The minimum absolute atomic E-state index is 0.370. The van der Waals surface area contributed by atoms with E-state index in [2.05, 4.69) is 4.98 Å². The Morgan fingerprint density at radius 1 is 1.27 bits per heavy atom. The summed E-state index contributed by atoms with van der Waals surface area (Å²) in [5.41, 5.74) is 7.97. The number of nitrogens with zero attached hydrogens (tertiary/aromatic N) is 2. The van der Waals surface area contributed by atoms with Crippen LogP contribution < -0.4 is 5.73 Å². The van der Waals surface area contributed by atoms with Crippen LogP contribution in [0.3, 0.4) is 0 Å². The second kappa shape index (κ2) is 5.23. The fourth-order valence-corrected chi connectivity index (χ4v) is 2.47. The van der Waals surface area contributed by atoms with Crippen LogP contribution in [-0.4, -0.2) is 34.2 Å². The second-order valence-electron chi connectivity index (χ2n) is 6.62. The molecule has 3 rings (SSSR count). The van der Waals surface area contributed by atoms with E-state index in [1.165, 1.54) is 0 Å². The van der Waals surface area contributed by atoms with E-state index >= 15 is 0 Å². The van der Waals surface area contributed by atoms with Crippen molar-refractivity contribution in [3.8, 4) is 0 Å². The number of hydrogen-bond donors (Lipinski definition) is 1. The van der Waals surface area contributed by atoms with Gasteiger partial charge in [-0.25, -0.2) is 4.98 Å². The largest absolute Gasteiger partial charge is 0.491 e. The van der Waals surface area contributed by atoms with Crippen LogP contribution in [0.2, 0.25) is 0 Å². The number of imidazole rings is 1. The van der Waals surface area contributed by atoms with Gasteiger partial charge in [0.1, 0.15) is 5.65 Å². The molecule has 22 heavy (non-hydrogen) atoms. The average molecular weight is 299 g/mol. The summed E-state index contributed by atoms with van der Waals surface area (Å²) >= 11 is 0. The molecule has 2 aromatic heterocycles. The third-order valence-electron chi connectivity index (χ3n) is 4.57. The zero-order valence-electron chi connectivity index (χ0n) is 13.5. The quantitative estimate of drug-likeness (QED) is 0.883. The van der Waals surface area contributed by atoms with Crippen molar-refractivity contribution in [3.63, 3.8) is 0 Å². The second-order valence-corrected chi connectivity index (χ2v) is 6.62. The van der Waals surface area contributed by atoms with Crippen LogP contribution in [0.4, 0.5) is 0 Å². The first-order valence-corrected chi connectivity index (χ1v) is 7.52. The summed E-state index contributed by atoms with van der Waals surface area (Å²) in [5, 5.41) is 0. The smallest absolute Gasteiger partial charge is 0.400 e. The number of hydrogen-bond acceptors (Lipinski definition) is 4. The Morgan fingerprint density at radius 2 is 1.95 bits per heavy atom. The van der Waals surface area contributed by atoms with Gasteiger partial charge in [0.25, 0.3) is 0 Å². The molecule has 3 heterocycles. The number of aromatic nitrogens is 2. The van der Waals surface area contributed by atoms with Crippen LogP contribution in [0.1, 0.15) is 33.4 Å². The summed E-state index contributed by atoms with van der Waals surface area (Å²) < 4.78 is 14.2. The van der Waals surface area contributed by atoms with E-state index in [0.717, 1.165) is 16.8 Å². The van der Waals surface area contributed by atoms with Gasteiger partial charge in [0, 0.05) is 12.7 Å². The number of nitrogens with two attached hydrogens (primary N) is 1. The molecule has 1 saturated heterocycles. The molecule has 0 unspecified atom stereocenters. The Kier molecular flexibility index (Phi) is 3.63. The lowest BCUT2D eigenvalue weighted by atomic mass is 9.77. The van der Waals surface area contributed by atoms with Gasteiger partial charge in [0.15, 0.2) is 0 Å². The van der Waals surface area contributed by atoms with Crippen molar-refractivity contribution >= 4 is 18.8 Å². The minimum Gasteiger partial charge on any atom is -0.400 e. The molecular formula is C16H22BN3O2. The Bertz CT molecular complexity index is 705. The Balaban J connectivity index is 1.95. The lowest BCUT2D eigenvalue weighted by Crippen LogP contribution is -2.41. The summed E-state index contributed by atoms with van der Waals surface area (Å²) in [5.74, 6) is 0. The maximum Gasteiger partial charge on any atom is 0.491 e. The van der Waals surface area contributed by atoms with E-state index in [0.29, 0.717) is 6.54 Å². The van der Waals surface area contributed by atoms with Crippen molar-refractivity contribution < 1.29 is 9.31 Å². The first kappa shape index (κ1) is 15.3. The molecule has 116 valence electrons. The molecule has 1 aliphatic rings. The topological polar surface area (TPSA) is 61.8 Å². The zero-order valence-corrected chi connectivity index (χ0v) is 13.5. The monoisotopic (exact) mass is 299 g/mol. The van der Waals surface area contributed by atoms with Crippen LogP contribution >= 0.6 is 0 Å².